The smallest absolute Gasteiger partial charge is 0.293 e. The summed E-state index contributed by atoms with van der Waals surface area (Å²) in [5, 5.41) is 0.983. The third-order valence-corrected chi connectivity index (χ3v) is 6.19. The Morgan fingerprint density at radius 2 is 1.61 bits per heavy atom. The average Bonchev–Trinajstić information content (AvgIpc) is 3.03. The fraction of sp³-hybridized carbons (Fsp3) is 0.0833. The van der Waals surface area contributed by atoms with Crippen LogP contribution in [0.1, 0.15) is 16.7 Å². The third-order valence-electron chi connectivity index (χ3n) is 4.66. The summed E-state index contributed by atoms with van der Waals surface area (Å²) in [5.41, 5.74) is 2.55. The van der Waals surface area contributed by atoms with E-state index < -0.39 is 0 Å². The number of carbonyl (C=O) groups is 2. The second-order valence-corrected chi connectivity index (χ2v) is 8.68. The van der Waals surface area contributed by atoms with E-state index in [1.165, 1.54) is 4.90 Å². The number of hydrogen-bond donors (Lipinski definition) is 0. The number of amides is 2. The molecule has 0 unspecified atom stereocenters. The number of halogens is 2. The molecule has 7 heteroatoms. The van der Waals surface area contributed by atoms with Gasteiger partial charge in [-0.05, 0) is 59.3 Å². The van der Waals surface area contributed by atoms with E-state index >= 15 is 0 Å². The van der Waals surface area contributed by atoms with E-state index in [0.717, 1.165) is 28.5 Å². The predicted octanol–water partition coefficient (Wildman–Crippen LogP) is 6.81. The minimum Gasteiger partial charge on any atom is -0.489 e. The number of ether oxygens (including phenoxy) is 1. The van der Waals surface area contributed by atoms with Crippen LogP contribution in [0.4, 0.5) is 4.79 Å². The molecule has 0 N–H and O–H groups in total. The van der Waals surface area contributed by atoms with Crippen molar-refractivity contribution >= 4 is 52.2 Å². The van der Waals surface area contributed by atoms with Gasteiger partial charge >= 0.3 is 0 Å². The summed E-state index contributed by atoms with van der Waals surface area (Å²) in [6, 6.07) is 21.9. The normalized spacial score (nSPS) is 15.0. The first-order valence-electron chi connectivity index (χ1n) is 9.46. The topological polar surface area (TPSA) is 46.6 Å². The molecular weight excluding hydrogens is 453 g/mol. The molecule has 1 aliphatic rings. The first kappa shape index (κ1) is 21.5. The predicted molar refractivity (Wildman–Crippen MR) is 125 cm³/mol. The minimum atomic E-state index is -0.302. The second-order valence-electron chi connectivity index (χ2n) is 6.84. The fourth-order valence-electron chi connectivity index (χ4n) is 3.00. The van der Waals surface area contributed by atoms with Crippen molar-refractivity contribution in [1.82, 2.24) is 4.90 Å². The highest BCUT2D eigenvalue weighted by Crippen LogP contribution is 2.33. The monoisotopic (exact) mass is 469 g/mol. The molecule has 1 saturated heterocycles. The van der Waals surface area contributed by atoms with Crippen LogP contribution in [-0.4, -0.2) is 16.0 Å². The van der Waals surface area contributed by atoms with Gasteiger partial charge in [0.15, 0.2) is 0 Å². The van der Waals surface area contributed by atoms with Gasteiger partial charge in [0.05, 0.1) is 11.4 Å². The molecule has 156 valence electrons. The van der Waals surface area contributed by atoms with E-state index in [1.807, 2.05) is 48.5 Å². The number of rotatable bonds is 6. The Labute approximate surface area is 194 Å². The van der Waals surface area contributed by atoms with Gasteiger partial charge in [0.1, 0.15) is 12.4 Å². The molecule has 1 heterocycles. The van der Waals surface area contributed by atoms with Gasteiger partial charge in [-0.25, -0.2) is 0 Å². The lowest BCUT2D eigenvalue weighted by atomic mass is 10.2. The Balaban J connectivity index is 1.41. The first-order valence-corrected chi connectivity index (χ1v) is 11.0. The zero-order chi connectivity index (χ0) is 21.8. The van der Waals surface area contributed by atoms with Crippen LogP contribution in [0.3, 0.4) is 0 Å². The Bertz CT molecular complexity index is 1140. The highest BCUT2D eigenvalue weighted by Gasteiger charge is 2.34. The number of imide groups is 1. The maximum Gasteiger partial charge on any atom is 0.293 e. The quantitative estimate of drug-likeness (QED) is 0.372. The summed E-state index contributed by atoms with van der Waals surface area (Å²) in [6.07, 6.45) is 1.71. The molecule has 4 nitrogen and oxygen atoms in total. The van der Waals surface area contributed by atoms with Gasteiger partial charge in [0.25, 0.3) is 11.1 Å². The molecule has 4 rings (SSSR count). The number of thioether (sulfide) groups is 1. The third kappa shape index (κ3) is 5.31. The average molecular weight is 470 g/mol. The van der Waals surface area contributed by atoms with Crippen molar-refractivity contribution in [1.29, 1.82) is 0 Å². The Morgan fingerprint density at radius 3 is 2.32 bits per heavy atom. The Morgan fingerprint density at radius 1 is 0.903 bits per heavy atom. The van der Waals surface area contributed by atoms with E-state index in [0.29, 0.717) is 27.3 Å². The molecule has 2 amide bonds. The van der Waals surface area contributed by atoms with Crippen molar-refractivity contribution in [3.05, 3.63) is 104 Å². The molecule has 0 bridgehead atoms. The minimum absolute atomic E-state index is 0.216. The van der Waals surface area contributed by atoms with Crippen LogP contribution in [0.2, 0.25) is 10.0 Å². The maximum atomic E-state index is 12.7. The summed E-state index contributed by atoms with van der Waals surface area (Å²) < 4.78 is 5.78. The van der Waals surface area contributed by atoms with E-state index in [9.17, 15) is 9.59 Å². The van der Waals surface area contributed by atoms with Crippen LogP contribution in [-0.2, 0) is 17.9 Å². The van der Waals surface area contributed by atoms with Crippen LogP contribution >= 0.6 is 35.0 Å². The molecule has 0 aromatic heterocycles. The van der Waals surface area contributed by atoms with Gasteiger partial charge in [-0.2, -0.15) is 0 Å². The lowest BCUT2D eigenvalue weighted by Crippen LogP contribution is -2.27. The molecule has 3 aromatic rings. The molecule has 0 atom stereocenters. The summed E-state index contributed by atoms with van der Waals surface area (Å²) in [4.78, 5) is 26.7. The molecule has 3 aromatic carbocycles. The highest BCUT2D eigenvalue weighted by molar-refractivity contribution is 8.18. The molecule has 1 aliphatic heterocycles. The lowest BCUT2D eigenvalue weighted by Gasteiger charge is -2.12. The van der Waals surface area contributed by atoms with E-state index in [1.54, 1.807) is 30.3 Å². The lowest BCUT2D eigenvalue weighted by molar-refractivity contribution is -0.123. The highest BCUT2D eigenvalue weighted by atomic mass is 35.5. The number of benzene rings is 3. The summed E-state index contributed by atoms with van der Waals surface area (Å²) >= 11 is 13.0. The van der Waals surface area contributed by atoms with E-state index in [-0.39, 0.29) is 17.7 Å². The zero-order valence-corrected chi connectivity index (χ0v) is 18.6. The SMILES string of the molecule is O=C1SC(=Cc2ccc(OCc3ccccc3Cl)cc2)C(=O)N1Cc1ccc(Cl)cc1. The van der Waals surface area contributed by atoms with Crippen molar-refractivity contribution in [3.63, 3.8) is 0 Å². The number of carbonyl (C=O) groups excluding carboxylic acids is 2. The van der Waals surface area contributed by atoms with Crippen LogP contribution in [0.15, 0.2) is 77.7 Å². The van der Waals surface area contributed by atoms with E-state index in [4.69, 9.17) is 27.9 Å². The first-order chi connectivity index (χ1) is 15.0. The molecular formula is C24H17Cl2NO3S. The van der Waals surface area contributed by atoms with Gasteiger partial charge in [0, 0.05) is 15.6 Å². The Hall–Kier alpha value is -2.73. The number of hydrogen-bond acceptors (Lipinski definition) is 4. The van der Waals surface area contributed by atoms with Crippen molar-refractivity contribution in [3.8, 4) is 5.75 Å². The van der Waals surface area contributed by atoms with E-state index in [2.05, 4.69) is 0 Å². The van der Waals surface area contributed by atoms with Gasteiger partial charge in [0.2, 0.25) is 0 Å². The molecule has 0 radical (unpaired) electrons. The molecule has 1 fully saturated rings. The Kier molecular flexibility index (Phi) is 6.66. The summed E-state index contributed by atoms with van der Waals surface area (Å²) in [7, 11) is 0. The van der Waals surface area contributed by atoms with Gasteiger partial charge in [-0.15, -0.1) is 0 Å². The largest absolute Gasteiger partial charge is 0.489 e. The molecule has 0 spiro atoms. The van der Waals surface area contributed by atoms with Gasteiger partial charge in [-0.1, -0.05) is 65.7 Å². The van der Waals surface area contributed by atoms with Crippen molar-refractivity contribution < 1.29 is 14.3 Å². The summed E-state index contributed by atoms with van der Waals surface area (Å²) in [6.45, 7) is 0.580. The molecule has 0 aliphatic carbocycles. The number of nitrogens with zero attached hydrogens (tertiary/aromatic N) is 1. The van der Waals surface area contributed by atoms with Crippen LogP contribution in [0, 0.1) is 0 Å². The fourth-order valence-corrected chi connectivity index (χ4v) is 4.15. The van der Waals surface area contributed by atoms with Crippen molar-refractivity contribution in [2.75, 3.05) is 0 Å². The molecule has 31 heavy (non-hydrogen) atoms. The summed E-state index contributed by atoms with van der Waals surface area (Å²) in [5.74, 6) is 0.386. The van der Waals surface area contributed by atoms with Crippen molar-refractivity contribution in [2.24, 2.45) is 0 Å². The molecule has 0 saturated carbocycles. The van der Waals surface area contributed by atoms with Gasteiger partial charge in [-0.3, -0.25) is 14.5 Å². The van der Waals surface area contributed by atoms with Gasteiger partial charge < -0.3 is 4.74 Å². The van der Waals surface area contributed by atoms with Crippen LogP contribution in [0.5, 0.6) is 5.75 Å². The zero-order valence-electron chi connectivity index (χ0n) is 16.3. The second kappa shape index (κ2) is 9.60. The standard InChI is InChI=1S/C24H17Cl2NO3S/c25-19-9-5-17(6-10-19)14-27-23(28)22(31-24(27)29)13-16-7-11-20(12-8-16)30-15-18-3-1-2-4-21(18)26/h1-13H,14-15H2. The van der Waals surface area contributed by atoms with Crippen LogP contribution in [0.25, 0.3) is 6.08 Å². The van der Waals surface area contributed by atoms with Crippen molar-refractivity contribution in [2.45, 2.75) is 13.2 Å². The maximum absolute atomic E-state index is 12.7. The van der Waals surface area contributed by atoms with Crippen LogP contribution < -0.4 is 4.74 Å².